The van der Waals surface area contributed by atoms with E-state index in [1.54, 1.807) is 6.20 Å². The summed E-state index contributed by atoms with van der Waals surface area (Å²) in [6, 6.07) is 10.4. The van der Waals surface area contributed by atoms with Crippen LogP contribution in [0.25, 0.3) is 0 Å². The maximum Gasteiger partial charge on any atom is 0.119 e. The van der Waals surface area contributed by atoms with E-state index in [0.717, 1.165) is 18.8 Å². The van der Waals surface area contributed by atoms with Crippen LogP contribution in [0.5, 0.6) is 5.75 Å². The molecule has 1 N–H and O–H groups in total. The Morgan fingerprint density at radius 1 is 1.32 bits per heavy atom. The van der Waals surface area contributed by atoms with Gasteiger partial charge in [-0.05, 0) is 32.0 Å². The van der Waals surface area contributed by atoms with E-state index in [2.05, 4.69) is 36.4 Å². The molecule has 1 heterocycles. The molecule has 2 rings (SSSR count). The van der Waals surface area contributed by atoms with Crippen molar-refractivity contribution in [2.24, 2.45) is 0 Å². The first-order valence-electron chi connectivity index (χ1n) is 6.64. The highest BCUT2D eigenvalue weighted by Crippen LogP contribution is 2.11. The summed E-state index contributed by atoms with van der Waals surface area (Å²) in [6.45, 7) is 6.63. The van der Waals surface area contributed by atoms with Crippen LogP contribution in [0.15, 0.2) is 42.7 Å². The maximum absolute atomic E-state index is 5.73. The van der Waals surface area contributed by atoms with Crippen LogP contribution < -0.4 is 10.1 Å². The number of ether oxygens (including phenoxy) is 1. The third-order valence-corrected chi connectivity index (χ3v) is 2.91. The molecule has 0 spiro atoms. The number of rotatable bonds is 7. The van der Waals surface area contributed by atoms with E-state index < -0.39 is 0 Å². The van der Waals surface area contributed by atoms with Crippen LogP contribution >= 0.6 is 0 Å². The standard InChI is InChI=1S/C15H21N3O/c1-13-4-6-15(7-5-13)19-12-14(2)16-9-11-18-10-3-8-17-18/h3-8,10,14,16H,9,11-12H2,1-2H3. The Morgan fingerprint density at radius 3 is 2.79 bits per heavy atom. The number of benzene rings is 1. The lowest BCUT2D eigenvalue weighted by Crippen LogP contribution is -2.34. The van der Waals surface area contributed by atoms with Gasteiger partial charge < -0.3 is 10.1 Å². The second-order valence-corrected chi connectivity index (χ2v) is 4.75. The predicted octanol–water partition coefficient (Wildman–Crippen LogP) is 2.25. The van der Waals surface area contributed by atoms with Crippen molar-refractivity contribution in [2.75, 3.05) is 13.2 Å². The summed E-state index contributed by atoms with van der Waals surface area (Å²) in [5.74, 6) is 0.923. The van der Waals surface area contributed by atoms with Gasteiger partial charge in [-0.3, -0.25) is 4.68 Å². The first kappa shape index (κ1) is 13.6. The Hall–Kier alpha value is -1.81. The molecule has 102 valence electrons. The second kappa shape index (κ2) is 6.95. The normalized spacial score (nSPS) is 12.3. The van der Waals surface area contributed by atoms with Crippen LogP contribution in [-0.4, -0.2) is 29.0 Å². The van der Waals surface area contributed by atoms with Crippen molar-refractivity contribution in [1.29, 1.82) is 0 Å². The van der Waals surface area contributed by atoms with Crippen molar-refractivity contribution >= 4 is 0 Å². The van der Waals surface area contributed by atoms with Gasteiger partial charge in [-0.15, -0.1) is 0 Å². The Bertz CT molecular complexity index is 465. The first-order valence-corrected chi connectivity index (χ1v) is 6.64. The van der Waals surface area contributed by atoms with Crippen molar-refractivity contribution < 1.29 is 4.74 Å². The molecule has 0 amide bonds. The molecule has 0 aliphatic rings. The highest BCUT2D eigenvalue weighted by Gasteiger charge is 2.02. The van der Waals surface area contributed by atoms with Gasteiger partial charge in [0.2, 0.25) is 0 Å². The summed E-state index contributed by atoms with van der Waals surface area (Å²) in [5.41, 5.74) is 1.25. The van der Waals surface area contributed by atoms with Gasteiger partial charge in [0.05, 0.1) is 6.54 Å². The molecule has 4 heteroatoms. The van der Waals surface area contributed by atoms with Gasteiger partial charge in [0.15, 0.2) is 0 Å². The molecule has 0 aliphatic heterocycles. The second-order valence-electron chi connectivity index (χ2n) is 4.75. The summed E-state index contributed by atoms with van der Waals surface area (Å²) in [4.78, 5) is 0. The lowest BCUT2D eigenvalue weighted by atomic mass is 10.2. The number of hydrogen-bond acceptors (Lipinski definition) is 3. The summed E-state index contributed by atoms with van der Waals surface area (Å²) in [6.07, 6.45) is 3.76. The van der Waals surface area contributed by atoms with Gasteiger partial charge in [0.1, 0.15) is 12.4 Å². The summed E-state index contributed by atoms with van der Waals surface area (Å²) >= 11 is 0. The summed E-state index contributed by atoms with van der Waals surface area (Å²) < 4.78 is 7.64. The van der Waals surface area contributed by atoms with Crippen LogP contribution in [0, 0.1) is 6.92 Å². The SMILES string of the molecule is Cc1ccc(OCC(C)NCCn2cccn2)cc1. The van der Waals surface area contributed by atoms with E-state index in [9.17, 15) is 0 Å². The lowest BCUT2D eigenvalue weighted by Gasteiger charge is -2.15. The van der Waals surface area contributed by atoms with Crippen molar-refractivity contribution in [1.82, 2.24) is 15.1 Å². The van der Waals surface area contributed by atoms with Crippen molar-refractivity contribution in [3.63, 3.8) is 0 Å². The average Bonchev–Trinajstić information content (AvgIpc) is 2.91. The zero-order valence-electron chi connectivity index (χ0n) is 11.5. The fourth-order valence-electron chi connectivity index (χ4n) is 1.77. The molecule has 1 unspecified atom stereocenters. The molecule has 0 saturated heterocycles. The number of aryl methyl sites for hydroxylation is 1. The minimum atomic E-state index is 0.317. The molecule has 0 radical (unpaired) electrons. The van der Waals surface area contributed by atoms with Gasteiger partial charge in [0, 0.05) is 25.0 Å². The zero-order valence-corrected chi connectivity index (χ0v) is 11.5. The van der Waals surface area contributed by atoms with Gasteiger partial charge in [-0.1, -0.05) is 17.7 Å². The minimum Gasteiger partial charge on any atom is -0.492 e. The molecular formula is C15H21N3O. The molecule has 0 bridgehead atoms. The van der Waals surface area contributed by atoms with Crippen LogP contribution in [0.3, 0.4) is 0 Å². The molecule has 1 aromatic heterocycles. The molecule has 2 aromatic rings. The highest BCUT2D eigenvalue weighted by atomic mass is 16.5. The minimum absolute atomic E-state index is 0.317. The Morgan fingerprint density at radius 2 is 2.11 bits per heavy atom. The summed E-state index contributed by atoms with van der Waals surface area (Å²) in [5, 5.41) is 7.58. The van der Waals surface area contributed by atoms with Crippen LogP contribution in [0.4, 0.5) is 0 Å². The molecule has 0 aliphatic carbocycles. The van der Waals surface area contributed by atoms with Crippen molar-refractivity contribution in [3.05, 3.63) is 48.3 Å². The maximum atomic E-state index is 5.73. The van der Waals surface area contributed by atoms with E-state index in [-0.39, 0.29) is 0 Å². The Kier molecular flexibility index (Phi) is 4.98. The molecule has 1 atom stereocenters. The Balaban J connectivity index is 1.64. The molecule has 1 aromatic carbocycles. The Labute approximate surface area is 114 Å². The van der Waals surface area contributed by atoms with Crippen molar-refractivity contribution in [2.45, 2.75) is 26.4 Å². The highest BCUT2D eigenvalue weighted by molar-refractivity contribution is 5.26. The number of nitrogens with zero attached hydrogens (tertiary/aromatic N) is 2. The molecule has 4 nitrogen and oxygen atoms in total. The third-order valence-electron chi connectivity index (χ3n) is 2.91. The number of aromatic nitrogens is 2. The van der Waals surface area contributed by atoms with Crippen LogP contribution in [0.1, 0.15) is 12.5 Å². The van der Waals surface area contributed by atoms with Gasteiger partial charge in [0.25, 0.3) is 0 Å². The smallest absolute Gasteiger partial charge is 0.119 e. The first-order chi connectivity index (χ1) is 9.24. The number of hydrogen-bond donors (Lipinski definition) is 1. The van der Waals surface area contributed by atoms with E-state index >= 15 is 0 Å². The van der Waals surface area contributed by atoms with Gasteiger partial charge in [-0.25, -0.2) is 0 Å². The van der Waals surface area contributed by atoms with Gasteiger partial charge in [-0.2, -0.15) is 5.10 Å². The summed E-state index contributed by atoms with van der Waals surface area (Å²) in [7, 11) is 0. The van der Waals surface area contributed by atoms with Crippen LogP contribution in [-0.2, 0) is 6.54 Å². The van der Waals surface area contributed by atoms with Gasteiger partial charge >= 0.3 is 0 Å². The molecule has 0 fully saturated rings. The monoisotopic (exact) mass is 259 g/mol. The number of nitrogens with one attached hydrogen (secondary N) is 1. The third kappa shape index (κ3) is 4.75. The average molecular weight is 259 g/mol. The molecular weight excluding hydrogens is 238 g/mol. The fraction of sp³-hybridized carbons (Fsp3) is 0.400. The zero-order chi connectivity index (χ0) is 13.5. The molecule has 19 heavy (non-hydrogen) atoms. The van der Waals surface area contributed by atoms with Crippen molar-refractivity contribution in [3.8, 4) is 5.75 Å². The lowest BCUT2D eigenvalue weighted by molar-refractivity contribution is 0.271. The fourth-order valence-corrected chi connectivity index (χ4v) is 1.77. The molecule has 0 saturated carbocycles. The predicted molar refractivity (Wildman–Crippen MR) is 76.4 cm³/mol. The topological polar surface area (TPSA) is 39.1 Å². The van der Waals surface area contributed by atoms with E-state index in [1.807, 2.05) is 29.1 Å². The quantitative estimate of drug-likeness (QED) is 0.829. The largest absolute Gasteiger partial charge is 0.492 e. The van der Waals surface area contributed by atoms with Crippen LogP contribution in [0.2, 0.25) is 0 Å². The van der Waals surface area contributed by atoms with E-state index in [1.165, 1.54) is 5.56 Å². The van der Waals surface area contributed by atoms with E-state index in [0.29, 0.717) is 12.6 Å². The van der Waals surface area contributed by atoms with E-state index in [4.69, 9.17) is 4.74 Å².